The van der Waals surface area contributed by atoms with E-state index in [1.54, 1.807) is 65.2 Å². The number of benzene rings is 2. The van der Waals surface area contributed by atoms with Crippen LogP contribution < -0.4 is 15.0 Å². The second-order valence-corrected chi connectivity index (χ2v) is 7.07. The molecule has 0 aliphatic heterocycles. The van der Waals surface area contributed by atoms with Gasteiger partial charge in [0, 0.05) is 28.8 Å². The lowest BCUT2D eigenvalue weighted by molar-refractivity contribution is -0.678. The molecule has 1 heterocycles. The zero-order valence-corrected chi connectivity index (χ0v) is 16.0. The molecule has 0 radical (unpaired) electrons. The minimum absolute atomic E-state index is 0.102. The molecule has 28 heavy (non-hydrogen) atoms. The first-order valence-electron chi connectivity index (χ1n) is 8.90. The first-order valence-corrected chi connectivity index (χ1v) is 9.28. The van der Waals surface area contributed by atoms with Gasteiger partial charge in [-0.2, -0.15) is 0 Å². The molecular formula is C20H19ClN3O4+. The second-order valence-electron chi connectivity index (χ2n) is 6.64. The average Bonchev–Trinajstić information content (AvgIpc) is 3.49. The number of carbonyl (C=O) groups is 1. The Bertz CT molecular complexity index is 1050. The summed E-state index contributed by atoms with van der Waals surface area (Å²) in [5.41, 5.74) is 1.02. The predicted octanol–water partition coefficient (Wildman–Crippen LogP) is 2.71. The average molecular weight is 401 g/mol. The molecule has 0 spiro atoms. The van der Waals surface area contributed by atoms with Crippen LogP contribution in [0, 0.1) is 0 Å². The SMILES string of the molecule is COc1ccc(-[n+]2[nH]oc(=O)c2CN(C(=O)c2cccc(Cl)c2)C2CC2)cc1. The van der Waals surface area contributed by atoms with Gasteiger partial charge in [0.05, 0.1) is 7.11 Å². The summed E-state index contributed by atoms with van der Waals surface area (Å²) in [6.45, 7) is 0.133. The van der Waals surface area contributed by atoms with E-state index in [9.17, 15) is 9.59 Å². The quantitative estimate of drug-likeness (QED) is 0.645. The molecule has 1 aliphatic rings. The summed E-state index contributed by atoms with van der Waals surface area (Å²) in [5.74, 6) is 0.541. The van der Waals surface area contributed by atoms with Gasteiger partial charge in [0.1, 0.15) is 12.3 Å². The molecule has 4 rings (SSSR count). The summed E-state index contributed by atoms with van der Waals surface area (Å²) in [6, 6.07) is 14.1. The number of H-pyrrole nitrogens is 1. The Balaban J connectivity index is 1.66. The topological polar surface area (TPSA) is 79.4 Å². The number of hydrogen-bond donors (Lipinski definition) is 1. The normalized spacial score (nSPS) is 13.4. The number of nitrogens with zero attached hydrogens (tertiary/aromatic N) is 2. The van der Waals surface area contributed by atoms with E-state index in [0.717, 1.165) is 12.8 Å². The van der Waals surface area contributed by atoms with Crippen molar-refractivity contribution in [1.29, 1.82) is 0 Å². The van der Waals surface area contributed by atoms with Crippen molar-refractivity contribution < 1.29 is 18.7 Å². The van der Waals surface area contributed by atoms with Gasteiger partial charge in [0.25, 0.3) is 5.91 Å². The molecule has 1 aromatic heterocycles. The maximum Gasteiger partial charge on any atom is 0.432 e. The van der Waals surface area contributed by atoms with Crippen LogP contribution in [-0.4, -0.2) is 29.2 Å². The molecule has 8 heteroatoms. The van der Waals surface area contributed by atoms with Crippen LogP contribution in [0.15, 0.2) is 57.8 Å². The lowest BCUT2D eigenvalue weighted by Gasteiger charge is -2.20. The van der Waals surface area contributed by atoms with Crippen molar-refractivity contribution in [1.82, 2.24) is 10.2 Å². The number of methoxy groups -OCH3 is 1. The molecule has 1 N–H and O–H groups in total. The van der Waals surface area contributed by atoms with E-state index >= 15 is 0 Å². The van der Waals surface area contributed by atoms with Crippen LogP contribution in [0.5, 0.6) is 5.75 Å². The first-order chi connectivity index (χ1) is 13.6. The smallest absolute Gasteiger partial charge is 0.432 e. The molecular weight excluding hydrogens is 382 g/mol. The number of aromatic amines is 1. The summed E-state index contributed by atoms with van der Waals surface area (Å²) >= 11 is 6.03. The van der Waals surface area contributed by atoms with Gasteiger partial charge in [-0.15, -0.1) is 0 Å². The van der Waals surface area contributed by atoms with Crippen molar-refractivity contribution in [2.24, 2.45) is 0 Å². The minimum Gasteiger partial charge on any atom is -0.497 e. The number of amides is 1. The molecule has 0 bridgehead atoms. The molecule has 144 valence electrons. The van der Waals surface area contributed by atoms with Gasteiger partial charge in [0.15, 0.2) is 0 Å². The highest BCUT2D eigenvalue weighted by Gasteiger charge is 2.37. The Kier molecular flexibility index (Phi) is 4.92. The molecule has 0 atom stereocenters. The van der Waals surface area contributed by atoms with Gasteiger partial charge in [-0.3, -0.25) is 9.32 Å². The number of hydrogen-bond acceptors (Lipinski definition) is 4. The number of aromatic nitrogens is 2. The Morgan fingerprint density at radius 2 is 2.04 bits per heavy atom. The van der Waals surface area contributed by atoms with Crippen molar-refractivity contribution in [2.75, 3.05) is 7.11 Å². The molecule has 1 aliphatic carbocycles. The Morgan fingerprint density at radius 1 is 1.29 bits per heavy atom. The Hall–Kier alpha value is -3.06. The van der Waals surface area contributed by atoms with Crippen LogP contribution in [0.2, 0.25) is 5.02 Å². The van der Waals surface area contributed by atoms with Crippen LogP contribution >= 0.6 is 11.6 Å². The molecule has 7 nitrogen and oxygen atoms in total. The summed E-state index contributed by atoms with van der Waals surface area (Å²) in [7, 11) is 1.59. The van der Waals surface area contributed by atoms with Crippen LogP contribution in [-0.2, 0) is 6.54 Å². The van der Waals surface area contributed by atoms with E-state index in [4.69, 9.17) is 20.9 Å². The van der Waals surface area contributed by atoms with Gasteiger partial charge in [-0.25, -0.2) is 4.79 Å². The van der Waals surface area contributed by atoms with Gasteiger partial charge in [-0.1, -0.05) is 17.7 Å². The third-order valence-corrected chi connectivity index (χ3v) is 4.94. The largest absolute Gasteiger partial charge is 0.497 e. The zero-order valence-electron chi connectivity index (χ0n) is 15.2. The highest BCUT2D eigenvalue weighted by molar-refractivity contribution is 6.30. The molecule has 1 amide bonds. The lowest BCUT2D eigenvalue weighted by Crippen LogP contribution is -2.43. The van der Waals surface area contributed by atoms with Crippen molar-refractivity contribution >= 4 is 17.5 Å². The summed E-state index contributed by atoms with van der Waals surface area (Å²) in [4.78, 5) is 27.1. The summed E-state index contributed by atoms with van der Waals surface area (Å²) < 4.78 is 11.7. The van der Waals surface area contributed by atoms with Gasteiger partial charge < -0.3 is 9.64 Å². The van der Waals surface area contributed by atoms with E-state index in [-0.39, 0.29) is 18.5 Å². The minimum atomic E-state index is -0.514. The molecule has 2 aromatic carbocycles. The highest BCUT2D eigenvalue weighted by atomic mass is 35.5. The second kappa shape index (κ2) is 7.52. The maximum absolute atomic E-state index is 13.0. The number of halogens is 1. The molecule has 3 aromatic rings. The molecule has 1 saturated carbocycles. The Morgan fingerprint density at radius 3 is 2.68 bits per heavy atom. The fourth-order valence-electron chi connectivity index (χ4n) is 3.07. The van der Waals surface area contributed by atoms with Crippen LogP contribution in [0.25, 0.3) is 5.69 Å². The Labute approximate surface area is 166 Å². The van der Waals surface area contributed by atoms with E-state index in [2.05, 4.69) is 5.27 Å². The monoisotopic (exact) mass is 400 g/mol. The highest BCUT2D eigenvalue weighted by Crippen LogP contribution is 2.29. The van der Waals surface area contributed by atoms with E-state index in [0.29, 0.717) is 27.7 Å². The van der Waals surface area contributed by atoms with Gasteiger partial charge in [-0.05, 0) is 53.1 Å². The number of nitrogens with one attached hydrogen (secondary N) is 1. The van der Waals surface area contributed by atoms with Crippen LogP contribution in [0.4, 0.5) is 0 Å². The first kappa shape index (κ1) is 18.3. The van der Waals surface area contributed by atoms with E-state index in [1.807, 2.05) is 0 Å². The van der Waals surface area contributed by atoms with Crippen LogP contribution in [0.1, 0.15) is 28.9 Å². The van der Waals surface area contributed by atoms with Gasteiger partial charge in [0.2, 0.25) is 5.69 Å². The van der Waals surface area contributed by atoms with E-state index < -0.39 is 5.63 Å². The molecule has 0 saturated heterocycles. The van der Waals surface area contributed by atoms with Crippen molar-refractivity contribution in [3.05, 3.63) is 75.2 Å². The lowest BCUT2D eigenvalue weighted by atomic mass is 10.2. The number of carbonyl (C=O) groups excluding carboxylic acids is 1. The van der Waals surface area contributed by atoms with Crippen molar-refractivity contribution in [2.45, 2.75) is 25.4 Å². The molecule has 1 fully saturated rings. The number of rotatable bonds is 6. The molecule has 0 unspecified atom stereocenters. The third-order valence-electron chi connectivity index (χ3n) is 4.71. The van der Waals surface area contributed by atoms with E-state index in [1.165, 1.54) is 0 Å². The summed E-state index contributed by atoms with van der Waals surface area (Å²) in [5, 5.41) is 3.11. The summed E-state index contributed by atoms with van der Waals surface area (Å²) in [6.07, 6.45) is 1.81. The third kappa shape index (κ3) is 3.66. The zero-order chi connectivity index (χ0) is 19.7. The standard InChI is InChI=1S/C20H18ClN3O4/c1-27-17-9-7-16(8-10-17)24-18(20(26)28-22-24)12-23(15-5-6-15)19(25)13-3-2-4-14(21)11-13/h2-4,7-11,15H,5-6,12H2,1H3/p+1. The maximum atomic E-state index is 13.0. The fourth-order valence-corrected chi connectivity index (χ4v) is 3.26. The number of ether oxygens (including phenoxy) is 1. The van der Waals surface area contributed by atoms with Crippen molar-refractivity contribution in [3.63, 3.8) is 0 Å². The van der Waals surface area contributed by atoms with Gasteiger partial charge >= 0.3 is 11.3 Å². The van der Waals surface area contributed by atoms with Crippen molar-refractivity contribution in [3.8, 4) is 11.4 Å². The van der Waals surface area contributed by atoms with Crippen LogP contribution in [0.3, 0.4) is 0 Å². The fraction of sp³-hybridized carbons (Fsp3) is 0.250. The predicted molar refractivity (Wildman–Crippen MR) is 102 cm³/mol.